The predicted molar refractivity (Wildman–Crippen MR) is 256 cm³/mol. The Kier molecular flexibility index (Phi) is 8.42. The van der Waals surface area contributed by atoms with E-state index in [9.17, 15) is 0 Å². The van der Waals surface area contributed by atoms with E-state index in [0.29, 0.717) is 17.6 Å². The molecule has 0 atom stereocenters. The zero-order valence-corrected chi connectivity index (χ0v) is 33.6. The van der Waals surface area contributed by atoms with Gasteiger partial charge in [0, 0.05) is 43.8 Å². The fraction of sp³-hybridized carbons (Fsp3) is 0. The van der Waals surface area contributed by atoms with Crippen molar-refractivity contribution in [1.29, 1.82) is 0 Å². The Hall–Kier alpha value is -8.41. The van der Waals surface area contributed by atoms with Crippen LogP contribution < -0.4 is 0 Å². The molecular formula is C57H37N5. The van der Waals surface area contributed by atoms with E-state index in [-0.39, 0.29) is 0 Å². The Bertz CT molecular complexity index is 3550. The van der Waals surface area contributed by atoms with Gasteiger partial charge in [0.1, 0.15) is 0 Å². The number of nitrogens with zero attached hydrogens (tertiary/aromatic N) is 5. The van der Waals surface area contributed by atoms with Crippen LogP contribution in [0.1, 0.15) is 0 Å². The summed E-state index contributed by atoms with van der Waals surface area (Å²) < 4.78 is 4.77. The van der Waals surface area contributed by atoms with Crippen LogP contribution in [0.4, 0.5) is 0 Å². The second-order valence-corrected chi connectivity index (χ2v) is 15.6. The van der Waals surface area contributed by atoms with Gasteiger partial charge in [-0.2, -0.15) is 9.97 Å². The van der Waals surface area contributed by atoms with E-state index in [4.69, 9.17) is 15.0 Å². The molecule has 0 bridgehead atoms. The predicted octanol–water partition coefficient (Wildman–Crippen LogP) is 14.4. The van der Waals surface area contributed by atoms with Crippen LogP contribution >= 0.6 is 0 Å². The minimum atomic E-state index is 0.550. The molecule has 5 heteroatoms. The van der Waals surface area contributed by atoms with Crippen LogP contribution in [0.3, 0.4) is 0 Å². The molecule has 0 N–H and O–H groups in total. The lowest BCUT2D eigenvalue weighted by atomic mass is 9.95. The summed E-state index contributed by atoms with van der Waals surface area (Å²) in [4.78, 5) is 16.0. The lowest BCUT2D eigenvalue weighted by Gasteiger charge is -2.20. The van der Waals surface area contributed by atoms with Gasteiger partial charge >= 0.3 is 0 Å². The minimum Gasteiger partial charge on any atom is -0.306 e. The van der Waals surface area contributed by atoms with Gasteiger partial charge in [-0.05, 0) is 40.5 Å². The van der Waals surface area contributed by atoms with Gasteiger partial charge in [0.15, 0.2) is 11.6 Å². The zero-order valence-electron chi connectivity index (χ0n) is 33.6. The first-order valence-electron chi connectivity index (χ1n) is 21.0. The zero-order chi connectivity index (χ0) is 41.0. The van der Waals surface area contributed by atoms with Crippen LogP contribution in [-0.4, -0.2) is 24.1 Å². The van der Waals surface area contributed by atoms with Crippen molar-refractivity contribution >= 4 is 43.6 Å². The molecule has 0 radical (unpaired) electrons. The van der Waals surface area contributed by atoms with E-state index in [2.05, 4.69) is 209 Å². The largest absolute Gasteiger partial charge is 0.306 e. The highest BCUT2D eigenvalue weighted by Crippen LogP contribution is 2.45. The highest BCUT2D eigenvalue weighted by Gasteiger charge is 2.26. The molecule has 290 valence electrons. The van der Waals surface area contributed by atoms with Crippen LogP contribution in [0, 0.1) is 0 Å². The molecule has 9 aromatic carbocycles. The second kappa shape index (κ2) is 14.7. The molecule has 0 amide bonds. The summed E-state index contributed by atoms with van der Waals surface area (Å²) in [6.07, 6.45) is 0. The molecule has 0 fully saturated rings. The number of fused-ring (bicyclic) bond motifs is 7. The molecule has 0 spiro atoms. The number of para-hydroxylation sites is 3. The molecule has 0 saturated heterocycles. The first-order chi connectivity index (χ1) is 30.8. The Morgan fingerprint density at radius 3 is 1.27 bits per heavy atom. The van der Waals surface area contributed by atoms with Crippen molar-refractivity contribution in [1.82, 2.24) is 24.1 Å². The summed E-state index contributed by atoms with van der Waals surface area (Å²) >= 11 is 0. The van der Waals surface area contributed by atoms with Gasteiger partial charge in [0.05, 0.1) is 27.8 Å². The molecule has 62 heavy (non-hydrogen) atoms. The second-order valence-electron chi connectivity index (χ2n) is 15.6. The van der Waals surface area contributed by atoms with Crippen molar-refractivity contribution in [3.8, 4) is 67.8 Å². The molecule has 0 unspecified atom stereocenters. The fourth-order valence-electron chi connectivity index (χ4n) is 9.21. The Morgan fingerprint density at radius 2 is 0.694 bits per heavy atom. The molecule has 0 aliphatic carbocycles. The third-order valence-corrected chi connectivity index (χ3v) is 12.0. The van der Waals surface area contributed by atoms with Crippen LogP contribution in [0.5, 0.6) is 0 Å². The van der Waals surface area contributed by atoms with E-state index in [1.165, 1.54) is 5.39 Å². The molecule has 3 heterocycles. The average molecular weight is 792 g/mol. The molecular weight excluding hydrogens is 755 g/mol. The van der Waals surface area contributed by atoms with Crippen LogP contribution in [0.25, 0.3) is 111 Å². The van der Waals surface area contributed by atoms with E-state index < -0.39 is 0 Å². The maximum atomic E-state index is 5.43. The van der Waals surface area contributed by atoms with Gasteiger partial charge in [-0.15, -0.1) is 0 Å². The van der Waals surface area contributed by atoms with Gasteiger partial charge in [0.2, 0.25) is 5.95 Å². The highest BCUT2D eigenvalue weighted by atomic mass is 15.2. The van der Waals surface area contributed by atoms with E-state index >= 15 is 0 Å². The lowest BCUT2D eigenvalue weighted by molar-refractivity contribution is 0.953. The van der Waals surface area contributed by atoms with Crippen molar-refractivity contribution in [2.45, 2.75) is 0 Å². The number of hydrogen-bond acceptors (Lipinski definition) is 3. The van der Waals surface area contributed by atoms with Crippen LogP contribution in [0.15, 0.2) is 224 Å². The summed E-state index contributed by atoms with van der Waals surface area (Å²) in [5.41, 5.74) is 14.0. The molecule has 0 aliphatic heterocycles. The van der Waals surface area contributed by atoms with Crippen molar-refractivity contribution < 1.29 is 0 Å². The SMILES string of the molecule is c1ccc(-c2cccc(-c3nc(-c4ccccc4)nc(-n4c5ccccc5c5ccc6c7ccccc7n(-c7c(-c8ccccc8)cccc7-c7ccccc7)c6c54)n3)c2)cc1. The fourth-order valence-corrected chi connectivity index (χ4v) is 9.21. The van der Waals surface area contributed by atoms with Gasteiger partial charge in [-0.1, -0.05) is 206 Å². The Labute approximate surface area is 358 Å². The first kappa shape index (κ1) is 35.5. The molecule has 0 aliphatic rings. The number of benzene rings is 9. The normalized spacial score (nSPS) is 11.5. The van der Waals surface area contributed by atoms with E-state index in [1.54, 1.807) is 0 Å². The number of rotatable bonds is 7. The minimum absolute atomic E-state index is 0.550. The first-order valence-corrected chi connectivity index (χ1v) is 21.0. The standard InChI is InChI=1S/C57H37N5/c1-5-19-38(20-6-1)42-27-17-28-43(37-42)56-58-55(41-25-11-4-12-26-41)59-57(60-56)62-51-34-16-14-30-47(51)49-36-35-48-46-29-13-15-33-50(46)61(53(48)54(49)62)52-44(39-21-7-2-8-22-39)31-18-32-45(52)40-23-9-3-10-24-40/h1-37H. The summed E-state index contributed by atoms with van der Waals surface area (Å²) in [5, 5.41) is 4.55. The van der Waals surface area contributed by atoms with Crippen LogP contribution in [0.2, 0.25) is 0 Å². The number of aromatic nitrogens is 5. The Morgan fingerprint density at radius 1 is 0.274 bits per heavy atom. The maximum Gasteiger partial charge on any atom is 0.238 e. The Balaban J connectivity index is 1.23. The quantitative estimate of drug-likeness (QED) is 0.162. The van der Waals surface area contributed by atoms with Crippen molar-refractivity contribution in [3.63, 3.8) is 0 Å². The van der Waals surface area contributed by atoms with Gasteiger partial charge in [-0.25, -0.2) is 4.98 Å². The van der Waals surface area contributed by atoms with Gasteiger partial charge in [-0.3, -0.25) is 4.57 Å². The third-order valence-electron chi connectivity index (χ3n) is 12.0. The smallest absolute Gasteiger partial charge is 0.238 e. The van der Waals surface area contributed by atoms with Gasteiger partial charge in [0.25, 0.3) is 0 Å². The molecule has 5 nitrogen and oxygen atoms in total. The molecule has 12 aromatic rings. The van der Waals surface area contributed by atoms with Crippen LogP contribution in [-0.2, 0) is 0 Å². The highest BCUT2D eigenvalue weighted by molar-refractivity contribution is 6.24. The summed E-state index contributed by atoms with van der Waals surface area (Å²) in [7, 11) is 0. The van der Waals surface area contributed by atoms with Crippen molar-refractivity contribution in [3.05, 3.63) is 224 Å². The van der Waals surface area contributed by atoms with E-state index in [0.717, 1.165) is 88.4 Å². The van der Waals surface area contributed by atoms with Crippen molar-refractivity contribution in [2.75, 3.05) is 0 Å². The average Bonchev–Trinajstić information content (AvgIpc) is 3.88. The lowest BCUT2D eigenvalue weighted by Crippen LogP contribution is -2.07. The van der Waals surface area contributed by atoms with Crippen molar-refractivity contribution in [2.24, 2.45) is 0 Å². The third kappa shape index (κ3) is 5.82. The summed E-state index contributed by atoms with van der Waals surface area (Å²) in [5.74, 6) is 1.76. The molecule has 3 aromatic heterocycles. The number of hydrogen-bond donors (Lipinski definition) is 0. The molecule has 12 rings (SSSR count). The van der Waals surface area contributed by atoms with Gasteiger partial charge < -0.3 is 4.57 Å². The maximum absolute atomic E-state index is 5.43. The summed E-state index contributed by atoms with van der Waals surface area (Å²) in [6.45, 7) is 0. The summed E-state index contributed by atoms with van der Waals surface area (Å²) in [6, 6.07) is 79.3. The molecule has 0 saturated carbocycles. The van der Waals surface area contributed by atoms with E-state index in [1.807, 2.05) is 24.3 Å². The topological polar surface area (TPSA) is 48.5 Å². The monoisotopic (exact) mass is 791 g/mol.